The predicted molar refractivity (Wildman–Crippen MR) is 104 cm³/mol. The van der Waals surface area contributed by atoms with E-state index in [1.165, 1.54) is 37.4 Å². The number of hydrogen-bond acceptors (Lipinski definition) is 3. The monoisotopic (exact) mass is 385 g/mol. The van der Waals surface area contributed by atoms with Crippen molar-refractivity contribution in [3.05, 3.63) is 89.7 Å². The molecule has 0 spiro atoms. The molecule has 0 aliphatic heterocycles. The summed E-state index contributed by atoms with van der Waals surface area (Å²) in [7, 11) is -2.47. The molecule has 0 aromatic heterocycles. The predicted octanol–water partition coefficient (Wildman–Crippen LogP) is 4.54. The summed E-state index contributed by atoms with van der Waals surface area (Å²) in [5.41, 5.74) is 1.79. The van der Waals surface area contributed by atoms with Crippen LogP contribution in [0.3, 0.4) is 0 Å². The van der Waals surface area contributed by atoms with Crippen molar-refractivity contribution in [1.82, 2.24) is 0 Å². The second kappa shape index (κ2) is 7.80. The van der Waals surface area contributed by atoms with Crippen LogP contribution in [0.15, 0.2) is 77.7 Å². The minimum absolute atomic E-state index is 0.00910. The molecule has 0 N–H and O–H groups in total. The summed E-state index contributed by atoms with van der Waals surface area (Å²) >= 11 is 0. The van der Waals surface area contributed by atoms with E-state index in [1.54, 1.807) is 18.2 Å². The highest BCUT2D eigenvalue weighted by Crippen LogP contribution is 2.29. The third-order valence-corrected chi connectivity index (χ3v) is 5.95. The van der Waals surface area contributed by atoms with Crippen LogP contribution in [-0.4, -0.2) is 15.5 Å². The fourth-order valence-electron chi connectivity index (χ4n) is 2.80. The molecule has 0 amide bonds. The summed E-state index contributed by atoms with van der Waals surface area (Å²) in [4.78, 5) is 0.0687. The first-order valence-electron chi connectivity index (χ1n) is 8.38. The molecular weight excluding hydrogens is 365 g/mol. The van der Waals surface area contributed by atoms with Crippen molar-refractivity contribution >= 4 is 15.7 Å². The summed E-state index contributed by atoms with van der Waals surface area (Å²) in [6.07, 6.45) is 0. The Kier molecular flexibility index (Phi) is 5.46. The maximum atomic E-state index is 14.5. The SMILES string of the molecule is COc1ccc(S(=O)(=O)N(Cc2cccc(C)c2)c2ccccc2F)cc1. The van der Waals surface area contributed by atoms with Gasteiger partial charge in [-0.25, -0.2) is 12.8 Å². The summed E-state index contributed by atoms with van der Waals surface area (Å²) < 4.78 is 47.2. The Bertz CT molecular complexity index is 1030. The van der Waals surface area contributed by atoms with Gasteiger partial charge < -0.3 is 4.74 Å². The van der Waals surface area contributed by atoms with Gasteiger partial charge in [0.2, 0.25) is 0 Å². The molecule has 3 aromatic carbocycles. The molecule has 140 valence electrons. The van der Waals surface area contributed by atoms with E-state index in [-0.39, 0.29) is 17.1 Å². The fraction of sp³-hybridized carbons (Fsp3) is 0.143. The number of rotatable bonds is 6. The molecule has 3 aromatic rings. The van der Waals surface area contributed by atoms with E-state index in [0.29, 0.717) is 5.75 Å². The standard InChI is InChI=1S/C21H20FNO3S/c1-16-6-5-7-17(14-16)15-23(21-9-4-3-8-20(21)22)27(24,25)19-12-10-18(26-2)11-13-19/h3-14H,15H2,1-2H3. The van der Waals surface area contributed by atoms with Gasteiger partial charge in [-0.2, -0.15) is 0 Å². The Balaban J connectivity index is 2.09. The smallest absolute Gasteiger partial charge is 0.264 e. The molecule has 0 unspecified atom stereocenters. The lowest BCUT2D eigenvalue weighted by Gasteiger charge is -2.25. The van der Waals surface area contributed by atoms with Gasteiger partial charge in [0.1, 0.15) is 11.6 Å². The number of aryl methyl sites for hydroxylation is 1. The van der Waals surface area contributed by atoms with E-state index in [1.807, 2.05) is 31.2 Å². The molecule has 0 saturated heterocycles. The van der Waals surface area contributed by atoms with E-state index in [2.05, 4.69) is 0 Å². The molecule has 0 fully saturated rings. The Labute approximate surface area is 158 Å². The molecular formula is C21H20FNO3S. The van der Waals surface area contributed by atoms with Gasteiger partial charge in [0, 0.05) is 0 Å². The molecule has 27 heavy (non-hydrogen) atoms. The Hall–Kier alpha value is -2.86. The van der Waals surface area contributed by atoms with Crippen LogP contribution < -0.4 is 9.04 Å². The highest BCUT2D eigenvalue weighted by molar-refractivity contribution is 7.92. The number of hydrogen-bond donors (Lipinski definition) is 0. The van der Waals surface area contributed by atoms with Gasteiger partial charge >= 0.3 is 0 Å². The third-order valence-electron chi connectivity index (χ3n) is 4.18. The maximum Gasteiger partial charge on any atom is 0.264 e. The first kappa shape index (κ1) is 18.9. The van der Waals surface area contributed by atoms with Gasteiger partial charge in [-0.3, -0.25) is 4.31 Å². The molecule has 4 nitrogen and oxygen atoms in total. The zero-order valence-corrected chi connectivity index (χ0v) is 15.9. The summed E-state index contributed by atoms with van der Waals surface area (Å²) in [5, 5.41) is 0. The number of halogens is 1. The first-order valence-corrected chi connectivity index (χ1v) is 9.82. The average molecular weight is 385 g/mol. The van der Waals surface area contributed by atoms with E-state index < -0.39 is 15.8 Å². The number of ether oxygens (including phenoxy) is 1. The molecule has 0 heterocycles. The highest BCUT2D eigenvalue weighted by atomic mass is 32.2. The number of methoxy groups -OCH3 is 1. The van der Waals surface area contributed by atoms with Gasteiger partial charge in [-0.15, -0.1) is 0 Å². The molecule has 0 aliphatic rings. The molecule has 0 atom stereocenters. The molecule has 0 radical (unpaired) electrons. The van der Waals surface area contributed by atoms with E-state index in [4.69, 9.17) is 4.74 Å². The molecule has 0 saturated carbocycles. The van der Waals surface area contributed by atoms with Crippen molar-refractivity contribution in [3.63, 3.8) is 0 Å². The first-order chi connectivity index (χ1) is 12.9. The van der Waals surface area contributed by atoms with Gasteiger partial charge in [0.15, 0.2) is 0 Å². The quantitative estimate of drug-likeness (QED) is 0.626. The lowest BCUT2D eigenvalue weighted by molar-refractivity contribution is 0.414. The second-order valence-electron chi connectivity index (χ2n) is 6.13. The minimum atomic E-state index is -3.97. The lowest BCUT2D eigenvalue weighted by Crippen LogP contribution is -2.31. The van der Waals surface area contributed by atoms with Gasteiger partial charge in [-0.05, 0) is 48.9 Å². The normalized spacial score (nSPS) is 11.2. The molecule has 3 rings (SSSR count). The van der Waals surface area contributed by atoms with Crippen LogP contribution in [0.5, 0.6) is 5.75 Å². The van der Waals surface area contributed by atoms with Crippen LogP contribution in [0.1, 0.15) is 11.1 Å². The van der Waals surface area contributed by atoms with Crippen molar-refractivity contribution in [2.45, 2.75) is 18.4 Å². The summed E-state index contributed by atoms with van der Waals surface area (Å²) in [6.45, 7) is 1.95. The number of nitrogens with zero attached hydrogens (tertiary/aromatic N) is 1. The van der Waals surface area contributed by atoms with Crippen LogP contribution in [0.4, 0.5) is 10.1 Å². The van der Waals surface area contributed by atoms with Crippen molar-refractivity contribution in [2.24, 2.45) is 0 Å². The topological polar surface area (TPSA) is 46.6 Å². The zero-order chi connectivity index (χ0) is 19.4. The average Bonchev–Trinajstić information content (AvgIpc) is 2.67. The van der Waals surface area contributed by atoms with Crippen molar-refractivity contribution in [2.75, 3.05) is 11.4 Å². The van der Waals surface area contributed by atoms with Crippen molar-refractivity contribution < 1.29 is 17.5 Å². The number of benzene rings is 3. The minimum Gasteiger partial charge on any atom is -0.497 e. The van der Waals surface area contributed by atoms with Crippen molar-refractivity contribution in [1.29, 1.82) is 0 Å². The van der Waals surface area contributed by atoms with Gasteiger partial charge in [0.05, 0.1) is 24.2 Å². The van der Waals surface area contributed by atoms with E-state index >= 15 is 0 Å². The van der Waals surface area contributed by atoms with E-state index in [0.717, 1.165) is 15.4 Å². The Morgan fingerprint density at radius 3 is 2.30 bits per heavy atom. The summed E-state index contributed by atoms with van der Waals surface area (Å²) in [6, 6.07) is 19.4. The highest BCUT2D eigenvalue weighted by Gasteiger charge is 2.27. The largest absolute Gasteiger partial charge is 0.497 e. The molecule has 0 aliphatic carbocycles. The zero-order valence-electron chi connectivity index (χ0n) is 15.1. The number of sulfonamides is 1. The van der Waals surface area contributed by atoms with Crippen LogP contribution in [0, 0.1) is 12.7 Å². The van der Waals surface area contributed by atoms with E-state index in [9.17, 15) is 12.8 Å². The maximum absolute atomic E-state index is 14.5. The lowest BCUT2D eigenvalue weighted by atomic mass is 10.1. The Morgan fingerprint density at radius 1 is 0.963 bits per heavy atom. The van der Waals surface area contributed by atoms with Crippen LogP contribution in [0.2, 0.25) is 0 Å². The second-order valence-corrected chi connectivity index (χ2v) is 7.99. The summed E-state index contributed by atoms with van der Waals surface area (Å²) in [5.74, 6) is -0.0488. The molecule has 6 heteroatoms. The van der Waals surface area contributed by atoms with Crippen molar-refractivity contribution in [3.8, 4) is 5.75 Å². The van der Waals surface area contributed by atoms with Gasteiger partial charge in [0.25, 0.3) is 10.0 Å². The van der Waals surface area contributed by atoms with Crippen LogP contribution in [-0.2, 0) is 16.6 Å². The Morgan fingerprint density at radius 2 is 1.67 bits per heavy atom. The fourth-order valence-corrected chi connectivity index (χ4v) is 4.27. The van der Waals surface area contributed by atoms with Crippen LogP contribution in [0.25, 0.3) is 0 Å². The molecule has 0 bridgehead atoms. The third kappa shape index (κ3) is 4.11. The number of anilines is 1. The van der Waals surface area contributed by atoms with Gasteiger partial charge in [-0.1, -0.05) is 42.0 Å². The number of para-hydroxylation sites is 1. The van der Waals surface area contributed by atoms with Crippen LogP contribution >= 0.6 is 0 Å².